The highest BCUT2D eigenvalue weighted by Crippen LogP contribution is 2.30. The van der Waals surface area contributed by atoms with E-state index in [0.717, 1.165) is 78.3 Å². The third-order valence-corrected chi connectivity index (χ3v) is 14.1. The Kier molecular flexibility index (Phi) is 14.0. The van der Waals surface area contributed by atoms with E-state index in [1.54, 1.807) is 29.9 Å². The molecule has 4 aromatic carbocycles. The van der Waals surface area contributed by atoms with Crippen molar-refractivity contribution in [3.8, 4) is 45.0 Å². The number of aryl methyl sites for hydroxylation is 11. The molecule has 0 aliphatic rings. The maximum atomic E-state index is 8.40. The smallest absolute Gasteiger partial charge is 0.201 e. The van der Waals surface area contributed by atoms with Gasteiger partial charge in [0, 0.05) is 93.4 Å². The Morgan fingerprint density at radius 1 is 0.325 bits per heavy atom. The van der Waals surface area contributed by atoms with Gasteiger partial charge >= 0.3 is 0 Å². The van der Waals surface area contributed by atoms with Crippen molar-refractivity contribution in [2.75, 3.05) is 0 Å². The summed E-state index contributed by atoms with van der Waals surface area (Å²) in [6.07, 6.45) is 7.16. The zero-order chi connectivity index (χ0) is 72.7. The molecular formula is C73H98N4+4. The number of aromatic nitrogens is 4. The summed E-state index contributed by atoms with van der Waals surface area (Å²) in [7, 11) is 7.56. The number of hydrogen-bond acceptors (Lipinski definition) is 0. The SMILES string of the molecule is [2H]C(C)(C)c1ccc(-c2cc(C)c(C([2H])(C)C([2H])([2H])[2H])c[n+]2C)c(C)c1.[2H]C(C)(C)c1ccc(-c2ccc(C([2H])(C)C)c[n+]2C)c(C)c1.[2H]C([2H])([2H])c1c[n+](C)c(-c2ccccc2C)cc1C([2H])(C)C([2H])([2H])[2H].[2H]C([2H])([2H])c1ccc(-c2ccc(C([2H])(C)C)c[n+]2C)c(C)c1. The largest absolute Gasteiger partial charge is 0.212 e. The molecule has 0 aliphatic carbocycles. The van der Waals surface area contributed by atoms with Gasteiger partial charge in [0.15, 0.2) is 24.8 Å². The van der Waals surface area contributed by atoms with E-state index in [-0.39, 0.29) is 11.1 Å². The normalized spacial score (nSPS) is 17.4. The molecule has 8 rings (SSSR count). The van der Waals surface area contributed by atoms with Crippen LogP contribution >= 0.6 is 0 Å². The summed E-state index contributed by atoms with van der Waals surface area (Å²) in [5, 5.41) is 0. The Labute approximate surface area is 493 Å². The van der Waals surface area contributed by atoms with Crippen LogP contribution in [0.25, 0.3) is 45.0 Å². The van der Waals surface area contributed by atoms with Crippen molar-refractivity contribution in [2.24, 2.45) is 28.2 Å². The molecule has 4 heteroatoms. The molecule has 77 heavy (non-hydrogen) atoms. The highest BCUT2D eigenvalue weighted by Gasteiger charge is 2.20. The number of hydrogen-bond donors (Lipinski definition) is 0. The summed E-state index contributed by atoms with van der Waals surface area (Å²) >= 11 is 0. The lowest BCUT2D eigenvalue weighted by atomic mass is 9.94. The van der Waals surface area contributed by atoms with Crippen LogP contribution in [0.3, 0.4) is 0 Å². The zero-order valence-corrected chi connectivity index (χ0v) is 49.6. The predicted molar refractivity (Wildman–Crippen MR) is 330 cm³/mol. The van der Waals surface area contributed by atoms with Crippen LogP contribution in [-0.4, -0.2) is 0 Å². The van der Waals surface area contributed by atoms with Crippen molar-refractivity contribution in [1.82, 2.24) is 0 Å². The highest BCUT2D eigenvalue weighted by molar-refractivity contribution is 5.65. The molecule has 0 N–H and O–H groups in total. The first-order valence-corrected chi connectivity index (χ1v) is 26.4. The minimum atomic E-state index is -2.66. The minimum absolute atomic E-state index is 0.00357. The molecule has 0 saturated carbocycles. The Morgan fingerprint density at radius 3 is 1.18 bits per heavy atom. The van der Waals surface area contributed by atoms with Gasteiger partial charge in [-0.05, 0) is 165 Å². The topological polar surface area (TPSA) is 15.5 Å². The van der Waals surface area contributed by atoms with Crippen molar-refractivity contribution in [2.45, 2.75) is 167 Å². The number of nitrogens with zero attached hydrogens (tertiary/aromatic N) is 4. The van der Waals surface area contributed by atoms with Gasteiger partial charge in [-0.2, -0.15) is 0 Å². The summed E-state index contributed by atoms with van der Waals surface area (Å²) < 4.78 is 149. The van der Waals surface area contributed by atoms with Gasteiger partial charge in [0.05, 0.1) is 0 Å². The van der Waals surface area contributed by atoms with Crippen LogP contribution in [0.5, 0.6) is 0 Å². The third-order valence-electron chi connectivity index (χ3n) is 14.1. The van der Waals surface area contributed by atoms with Gasteiger partial charge in [0.1, 0.15) is 28.2 Å². The van der Waals surface area contributed by atoms with Crippen molar-refractivity contribution < 1.29 is 42.9 Å². The van der Waals surface area contributed by atoms with E-state index in [0.29, 0.717) is 16.8 Å². The van der Waals surface area contributed by atoms with Crippen LogP contribution in [0.4, 0.5) is 0 Å². The molecule has 4 heterocycles. The average molecular weight is 1050 g/mol. The maximum absolute atomic E-state index is 8.40. The van der Waals surface area contributed by atoms with Crippen LogP contribution in [0, 0.1) is 48.3 Å². The quantitative estimate of drug-likeness (QED) is 0.121. The van der Waals surface area contributed by atoms with Gasteiger partial charge in [0.25, 0.3) is 0 Å². The summed E-state index contributed by atoms with van der Waals surface area (Å²) in [6, 6.07) is 36.6. The fraction of sp³-hybridized carbons (Fsp3) is 0.397. The van der Waals surface area contributed by atoms with Crippen molar-refractivity contribution in [1.29, 1.82) is 0 Å². The van der Waals surface area contributed by atoms with E-state index in [2.05, 4.69) is 29.7 Å². The molecule has 0 spiro atoms. The first kappa shape index (κ1) is 39.8. The lowest BCUT2D eigenvalue weighted by Crippen LogP contribution is -2.32. The van der Waals surface area contributed by atoms with Gasteiger partial charge in [0.2, 0.25) is 22.8 Å². The Bertz CT molecular complexity index is 3800. The second-order valence-corrected chi connectivity index (χ2v) is 21.4. The fourth-order valence-electron chi connectivity index (χ4n) is 9.34. The van der Waals surface area contributed by atoms with Gasteiger partial charge in [-0.25, -0.2) is 18.3 Å². The minimum Gasteiger partial charge on any atom is -0.201 e. The van der Waals surface area contributed by atoms with Gasteiger partial charge < -0.3 is 0 Å². The van der Waals surface area contributed by atoms with E-state index in [9.17, 15) is 0 Å². The summed E-state index contributed by atoms with van der Waals surface area (Å²) in [4.78, 5) is 0. The van der Waals surface area contributed by atoms with Crippen LogP contribution in [0.2, 0.25) is 0 Å². The second-order valence-electron chi connectivity index (χ2n) is 21.4. The molecule has 4 nitrogen and oxygen atoms in total. The van der Waals surface area contributed by atoms with Crippen LogP contribution in [0.15, 0.2) is 140 Å². The van der Waals surface area contributed by atoms with E-state index in [4.69, 9.17) is 24.7 Å². The van der Waals surface area contributed by atoms with Crippen molar-refractivity contribution in [3.05, 3.63) is 212 Å². The van der Waals surface area contributed by atoms with Gasteiger partial charge in [-0.15, -0.1) is 0 Å². The molecule has 2 unspecified atom stereocenters. The summed E-state index contributed by atoms with van der Waals surface area (Å²) in [6.45, 7) is 17.9. The average Bonchev–Trinajstić information content (AvgIpc) is 0.761. The summed E-state index contributed by atoms with van der Waals surface area (Å²) in [5.74, 6) is -6.17. The van der Waals surface area contributed by atoms with Crippen molar-refractivity contribution in [3.63, 3.8) is 0 Å². The van der Waals surface area contributed by atoms with Crippen LogP contribution in [0.1, 0.15) is 215 Å². The molecule has 0 fully saturated rings. The fourth-order valence-corrected chi connectivity index (χ4v) is 9.34. The molecular weight excluding hydrogens is 933 g/mol. The molecule has 0 bridgehead atoms. The number of rotatable bonds is 10. The Hall–Kier alpha value is -6.52. The van der Waals surface area contributed by atoms with E-state index in [1.807, 2.05) is 205 Å². The van der Waals surface area contributed by atoms with E-state index >= 15 is 0 Å². The molecule has 2 atom stereocenters. The number of benzene rings is 4. The lowest BCUT2D eigenvalue weighted by Gasteiger charge is -2.13. The molecule has 4 aromatic heterocycles. The Morgan fingerprint density at radius 2 is 0.740 bits per heavy atom. The molecule has 406 valence electrons. The molecule has 0 radical (unpaired) electrons. The zero-order valence-electron chi connectivity index (χ0n) is 67.6. The monoisotopic (exact) mass is 1050 g/mol. The van der Waals surface area contributed by atoms with E-state index in [1.165, 1.54) is 37.2 Å². The van der Waals surface area contributed by atoms with E-state index < -0.39 is 62.8 Å². The Balaban J connectivity index is 0.000000230. The lowest BCUT2D eigenvalue weighted by molar-refractivity contribution is -0.661. The van der Waals surface area contributed by atoms with Crippen LogP contribution in [-0.2, 0) is 28.2 Å². The predicted octanol–water partition coefficient (Wildman–Crippen LogP) is 17.6. The standard InChI is InChI=1S/C20H28N.C19H26N.2C17H22N/c1-13(2)17-8-9-18(15(5)10-17)20-11-16(6)19(14(3)4)12-21(20)7;1-13(2)16-7-9-18(15(5)11-16)19-10-8-17(14(3)4)12-20(19)6;1-12(2)15-7-9-17(18(5)11-15)16-8-6-13(3)10-14(16)4;1-12(2)16-10-17(18(5)11-14(16)4)15-9-7-6-8-13(15)3/h8-14H,1-7H3;7-14H,1-6H3;2*6-12H,1-5H3/q4*+1/i3D3,13D,14D;13D,14D;3D3,12D;1D3,4D3,12D. The second kappa shape index (κ2) is 27.2. The van der Waals surface area contributed by atoms with Gasteiger partial charge in [-0.3, -0.25) is 0 Å². The number of pyridine rings is 4. The first-order valence-electron chi connectivity index (χ1n) is 35.4. The summed E-state index contributed by atoms with van der Waals surface area (Å²) in [5.41, 5.74) is 17.5. The molecule has 0 aliphatic heterocycles. The maximum Gasteiger partial charge on any atom is 0.212 e. The molecule has 0 amide bonds. The molecule has 0 saturated heterocycles. The first-order chi connectivity index (χ1) is 42.9. The van der Waals surface area contributed by atoms with Crippen LogP contribution < -0.4 is 18.3 Å². The third kappa shape index (κ3) is 15.8. The highest BCUT2D eigenvalue weighted by atomic mass is 14.9. The van der Waals surface area contributed by atoms with Gasteiger partial charge in [-0.1, -0.05) is 143 Å². The molecule has 8 aromatic rings. The van der Waals surface area contributed by atoms with Crippen molar-refractivity contribution >= 4 is 0 Å².